The van der Waals surface area contributed by atoms with E-state index in [1.165, 1.54) is 6.20 Å². The van der Waals surface area contributed by atoms with Gasteiger partial charge in [0.1, 0.15) is 11.4 Å². The van der Waals surface area contributed by atoms with Crippen molar-refractivity contribution in [1.82, 2.24) is 4.98 Å². The number of fused-ring (bicyclic) bond motifs is 1. The highest BCUT2D eigenvalue weighted by atomic mass is 35.5. The number of nitrogens with one attached hydrogen (secondary N) is 1. The van der Waals surface area contributed by atoms with E-state index in [1.54, 1.807) is 12.1 Å². The van der Waals surface area contributed by atoms with Gasteiger partial charge in [-0.2, -0.15) is 0 Å². The quantitative estimate of drug-likeness (QED) is 0.915. The van der Waals surface area contributed by atoms with E-state index in [1.807, 2.05) is 32.9 Å². The summed E-state index contributed by atoms with van der Waals surface area (Å²) in [6, 6.07) is 7.43. The number of carbonyl (C=O) groups excluding carboxylic acids is 1. The van der Waals surface area contributed by atoms with Crippen LogP contribution in [-0.2, 0) is 11.2 Å². The van der Waals surface area contributed by atoms with Gasteiger partial charge < -0.3 is 14.8 Å². The van der Waals surface area contributed by atoms with E-state index in [9.17, 15) is 4.79 Å². The molecule has 1 amide bonds. The Balaban J connectivity index is 1.63. The molecule has 2 aromatic rings. The van der Waals surface area contributed by atoms with Gasteiger partial charge in [0.25, 0.3) is 5.91 Å². The van der Waals surface area contributed by atoms with E-state index < -0.39 is 0 Å². The highest BCUT2D eigenvalue weighted by Gasteiger charge is 2.32. The van der Waals surface area contributed by atoms with Crippen LogP contribution in [0.2, 0.25) is 5.02 Å². The molecule has 0 spiro atoms. The fraction of sp³-hybridized carbons (Fsp3) is 0.333. The third-order valence-corrected chi connectivity index (χ3v) is 4.12. The molecule has 0 bridgehead atoms. The summed E-state index contributed by atoms with van der Waals surface area (Å²) in [5.74, 6) is 1.45. The number of amides is 1. The molecule has 2 heterocycles. The molecule has 0 unspecified atom stereocenters. The Morgan fingerprint density at radius 3 is 3.00 bits per heavy atom. The smallest absolute Gasteiger partial charge is 0.263 e. The van der Waals surface area contributed by atoms with E-state index >= 15 is 0 Å². The Hall–Kier alpha value is -2.27. The van der Waals surface area contributed by atoms with E-state index in [4.69, 9.17) is 21.1 Å². The molecule has 5 nitrogen and oxygen atoms in total. The number of hydrogen-bond donors (Lipinski definition) is 1. The number of aromatic nitrogens is 1. The molecule has 6 heteroatoms. The molecule has 1 aromatic heterocycles. The van der Waals surface area contributed by atoms with Crippen LogP contribution in [0, 0.1) is 6.92 Å². The SMILES string of the molecule is Cc1cc(NC(=O)COc2cccc3c2OC(C)(C)C3)ncc1Cl. The second-order valence-corrected chi connectivity index (χ2v) is 6.85. The molecular weight excluding hydrogens is 328 g/mol. The summed E-state index contributed by atoms with van der Waals surface area (Å²) >= 11 is 5.92. The summed E-state index contributed by atoms with van der Waals surface area (Å²) in [6.45, 7) is 5.78. The summed E-state index contributed by atoms with van der Waals surface area (Å²) in [6.07, 6.45) is 2.33. The molecule has 1 aliphatic rings. The third kappa shape index (κ3) is 3.62. The van der Waals surface area contributed by atoms with Gasteiger partial charge in [0, 0.05) is 18.2 Å². The van der Waals surface area contributed by atoms with Crippen molar-refractivity contribution in [3.05, 3.63) is 46.6 Å². The van der Waals surface area contributed by atoms with Crippen LogP contribution in [0.15, 0.2) is 30.5 Å². The normalized spacial score (nSPS) is 14.7. The van der Waals surface area contributed by atoms with Gasteiger partial charge in [0.15, 0.2) is 18.1 Å². The molecule has 24 heavy (non-hydrogen) atoms. The minimum absolute atomic E-state index is 0.121. The van der Waals surface area contributed by atoms with Crippen molar-refractivity contribution in [2.75, 3.05) is 11.9 Å². The van der Waals surface area contributed by atoms with Crippen LogP contribution in [0.5, 0.6) is 11.5 Å². The van der Waals surface area contributed by atoms with Crippen LogP contribution in [0.3, 0.4) is 0 Å². The Morgan fingerprint density at radius 1 is 1.46 bits per heavy atom. The molecule has 0 saturated heterocycles. The summed E-state index contributed by atoms with van der Waals surface area (Å²) in [5.41, 5.74) is 1.68. The number of benzene rings is 1. The number of rotatable bonds is 4. The lowest BCUT2D eigenvalue weighted by molar-refractivity contribution is -0.118. The molecule has 0 saturated carbocycles. The highest BCUT2D eigenvalue weighted by Crippen LogP contribution is 2.41. The standard InChI is InChI=1S/C18H19ClN2O3/c1-11-7-15(20-9-13(11)19)21-16(22)10-23-14-6-4-5-12-8-18(2,3)24-17(12)14/h4-7,9H,8,10H2,1-3H3,(H,20,21,22). The fourth-order valence-corrected chi connectivity index (χ4v) is 2.73. The van der Waals surface area contributed by atoms with Crippen LogP contribution < -0.4 is 14.8 Å². The molecule has 0 aliphatic carbocycles. The molecular formula is C18H19ClN2O3. The summed E-state index contributed by atoms with van der Waals surface area (Å²) in [5, 5.41) is 3.25. The zero-order valence-corrected chi connectivity index (χ0v) is 14.6. The second kappa shape index (κ2) is 6.32. The average molecular weight is 347 g/mol. The van der Waals surface area contributed by atoms with Gasteiger partial charge in [-0.3, -0.25) is 4.79 Å². The van der Waals surface area contributed by atoms with E-state index in [-0.39, 0.29) is 18.1 Å². The van der Waals surface area contributed by atoms with E-state index in [2.05, 4.69) is 10.3 Å². The van der Waals surface area contributed by atoms with Crippen molar-refractivity contribution in [1.29, 1.82) is 0 Å². The number of aryl methyl sites for hydroxylation is 1. The van der Waals surface area contributed by atoms with Gasteiger partial charge in [-0.1, -0.05) is 23.7 Å². The molecule has 0 atom stereocenters. The van der Waals surface area contributed by atoms with Gasteiger partial charge in [0.05, 0.1) is 5.02 Å². The predicted molar refractivity (Wildman–Crippen MR) is 93.0 cm³/mol. The number of pyridine rings is 1. The van der Waals surface area contributed by atoms with Crippen molar-refractivity contribution < 1.29 is 14.3 Å². The first-order valence-corrected chi connectivity index (χ1v) is 8.07. The Labute approximate surface area is 145 Å². The maximum absolute atomic E-state index is 12.1. The maximum atomic E-state index is 12.1. The third-order valence-electron chi connectivity index (χ3n) is 3.73. The number of ether oxygens (including phenoxy) is 2. The molecule has 0 radical (unpaired) electrons. The molecule has 0 fully saturated rings. The van der Waals surface area contributed by atoms with Crippen molar-refractivity contribution in [2.24, 2.45) is 0 Å². The first-order valence-electron chi connectivity index (χ1n) is 7.70. The highest BCUT2D eigenvalue weighted by molar-refractivity contribution is 6.31. The molecule has 126 valence electrons. The van der Waals surface area contributed by atoms with Gasteiger partial charge in [-0.15, -0.1) is 0 Å². The monoisotopic (exact) mass is 346 g/mol. The Morgan fingerprint density at radius 2 is 2.25 bits per heavy atom. The first-order chi connectivity index (χ1) is 11.3. The molecule has 1 aromatic carbocycles. The first kappa shape index (κ1) is 16.6. The number of anilines is 1. The topological polar surface area (TPSA) is 60.5 Å². The lowest BCUT2D eigenvalue weighted by Gasteiger charge is -2.18. The number of nitrogens with zero attached hydrogens (tertiary/aromatic N) is 1. The predicted octanol–water partition coefficient (Wildman–Crippen LogP) is 3.77. The Bertz CT molecular complexity index is 790. The zero-order chi connectivity index (χ0) is 17.3. The fourth-order valence-electron chi connectivity index (χ4n) is 2.63. The molecule has 3 rings (SSSR count). The summed E-state index contributed by atoms with van der Waals surface area (Å²) in [7, 11) is 0. The van der Waals surface area contributed by atoms with Crippen LogP contribution in [-0.4, -0.2) is 23.1 Å². The van der Waals surface area contributed by atoms with Crippen LogP contribution in [0.25, 0.3) is 0 Å². The van der Waals surface area contributed by atoms with Gasteiger partial charge in [0.2, 0.25) is 0 Å². The minimum atomic E-state index is -0.293. The second-order valence-electron chi connectivity index (χ2n) is 6.44. The number of carbonyl (C=O) groups is 1. The maximum Gasteiger partial charge on any atom is 0.263 e. The van der Waals surface area contributed by atoms with Crippen molar-refractivity contribution >= 4 is 23.3 Å². The van der Waals surface area contributed by atoms with Gasteiger partial charge in [-0.05, 0) is 38.5 Å². The molecule has 1 N–H and O–H groups in total. The van der Waals surface area contributed by atoms with Crippen molar-refractivity contribution in [3.63, 3.8) is 0 Å². The number of halogens is 1. The van der Waals surface area contributed by atoms with Crippen LogP contribution >= 0.6 is 11.6 Å². The molecule has 1 aliphatic heterocycles. The van der Waals surface area contributed by atoms with Crippen LogP contribution in [0.4, 0.5) is 5.82 Å². The number of hydrogen-bond acceptors (Lipinski definition) is 4. The minimum Gasteiger partial charge on any atom is -0.483 e. The largest absolute Gasteiger partial charge is 0.483 e. The van der Waals surface area contributed by atoms with Gasteiger partial charge >= 0.3 is 0 Å². The van der Waals surface area contributed by atoms with Crippen molar-refractivity contribution in [2.45, 2.75) is 32.8 Å². The van der Waals surface area contributed by atoms with Gasteiger partial charge in [-0.25, -0.2) is 4.98 Å². The average Bonchev–Trinajstić information content (AvgIpc) is 2.83. The zero-order valence-electron chi connectivity index (χ0n) is 13.9. The number of para-hydroxylation sites is 1. The van der Waals surface area contributed by atoms with Crippen molar-refractivity contribution in [3.8, 4) is 11.5 Å². The summed E-state index contributed by atoms with van der Waals surface area (Å²) in [4.78, 5) is 16.1. The summed E-state index contributed by atoms with van der Waals surface area (Å²) < 4.78 is 11.6. The van der Waals surface area contributed by atoms with E-state index in [0.717, 1.165) is 23.3 Å². The van der Waals surface area contributed by atoms with Crippen LogP contribution in [0.1, 0.15) is 25.0 Å². The Kier molecular flexibility index (Phi) is 4.37. The van der Waals surface area contributed by atoms with E-state index in [0.29, 0.717) is 16.6 Å². The lowest BCUT2D eigenvalue weighted by atomic mass is 10.0. The lowest BCUT2D eigenvalue weighted by Crippen LogP contribution is -2.25.